The average molecular weight is 247 g/mol. The van der Waals surface area contributed by atoms with Gasteiger partial charge in [-0.15, -0.1) is 0 Å². The molecule has 5 nitrogen and oxygen atoms in total. The van der Waals surface area contributed by atoms with Crippen LogP contribution in [0.1, 0.15) is 17.4 Å². The van der Waals surface area contributed by atoms with Crippen molar-refractivity contribution < 1.29 is 9.47 Å². The maximum atomic E-state index is 6.20. The van der Waals surface area contributed by atoms with E-state index in [4.69, 9.17) is 15.2 Å². The third kappa shape index (κ3) is 2.17. The fraction of sp³-hybridized carbons (Fsp3) is 0.308. The summed E-state index contributed by atoms with van der Waals surface area (Å²) in [6.45, 7) is 0. The van der Waals surface area contributed by atoms with Crippen LogP contribution < -0.4 is 15.2 Å². The number of aromatic nitrogens is 2. The molecule has 0 aliphatic carbocycles. The Kier molecular flexibility index (Phi) is 3.53. The summed E-state index contributed by atoms with van der Waals surface area (Å²) in [6.07, 6.45) is 3.60. The summed E-state index contributed by atoms with van der Waals surface area (Å²) in [5.74, 6) is 2.16. The van der Waals surface area contributed by atoms with E-state index in [1.54, 1.807) is 20.4 Å². The number of benzene rings is 1. The molecule has 2 rings (SSSR count). The van der Waals surface area contributed by atoms with Gasteiger partial charge in [-0.3, -0.25) is 0 Å². The minimum atomic E-state index is -0.287. The highest BCUT2D eigenvalue weighted by atomic mass is 16.5. The lowest BCUT2D eigenvalue weighted by Gasteiger charge is -2.14. The van der Waals surface area contributed by atoms with Crippen LogP contribution in [0.5, 0.6) is 11.5 Å². The number of imidazole rings is 1. The number of ether oxygens (including phenoxy) is 2. The molecule has 96 valence electrons. The highest BCUT2D eigenvalue weighted by molar-refractivity contribution is 5.44. The van der Waals surface area contributed by atoms with Crippen molar-refractivity contribution in [1.29, 1.82) is 0 Å². The van der Waals surface area contributed by atoms with E-state index in [0.29, 0.717) is 11.5 Å². The first kappa shape index (κ1) is 12.4. The van der Waals surface area contributed by atoms with E-state index < -0.39 is 0 Å². The molecule has 5 heteroatoms. The molecule has 0 unspecified atom stereocenters. The molecule has 1 heterocycles. The van der Waals surface area contributed by atoms with Gasteiger partial charge in [-0.25, -0.2) is 4.98 Å². The predicted octanol–water partition coefficient (Wildman–Crippen LogP) is 1.49. The molecule has 0 spiro atoms. The van der Waals surface area contributed by atoms with E-state index in [1.165, 1.54) is 0 Å². The van der Waals surface area contributed by atoms with Crippen LogP contribution in [0, 0.1) is 0 Å². The first-order chi connectivity index (χ1) is 8.67. The molecule has 0 aliphatic heterocycles. The van der Waals surface area contributed by atoms with Gasteiger partial charge in [-0.2, -0.15) is 0 Å². The van der Waals surface area contributed by atoms with E-state index in [0.717, 1.165) is 11.4 Å². The standard InChI is InChI=1S/C13H17N3O2/c1-16-7-6-15-13(16)12(14)9-4-5-10(17-2)11(8-9)18-3/h4-8,12H,14H2,1-3H3/t12-/m1/s1. The lowest BCUT2D eigenvalue weighted by atomic mass is 10.1. The summed E-state index contributed by atoms with van der Waals surface area (Å²) < 4.78 is 12.4. The van der Waals surface area contributed by atoms with Gasteiger partial charge in [0.1, 0.15) is 5.82 Å². The Morgan fingerprint density at radius 1 is 1.22 bits per heavy atom. The van der Waals surface area contributed by atoms with Gasteiger partial charge in [-0.05, 0) is 17.7 Å². The van der Waals surface area contributed by atoms with E-state index in [1.807, 2.05) is 36.0 Å². The first-order valence-corrected chi connectivity index (χ1v) is 5.62. The van der Waals surface area contributed by atoms with Crippen molar-refractivity contribution in [3.63, 3.8) is 0 Å². The zero-order valence-corrected chi connectivity index (χ0v) is 10.8. The summed E-state index contributed by atoms with van der Waals surface area (Å²) >= 11 is 0. The lowest BCUT2D eigenvalue weighted by Crippen LogP contribution is -2.16. The topological polar surface area (TPSA) is 62.3 Å². The zero-order chi connectivity index (χ0) is 13.1. The van der Waals surface area contributed by atoms with Gasteiger partial charge >= 0.3 is 0 Å². The Morgan fingerprint density at radius 3 is 2.50 bits per heavy atom. The smallest absolute Gasteiger partial charge is 0.161 e. The van der Waals surface area contributed by atoms with Crippen molar-refractivity contribution >= 4 is 0 Å². The molecular formula is C13H17N3O2. The Balaban J connectivity index is 2.37. The van der Waals surface area contributed by atoms with Crippen LogP contribution >= 0.6 is 0 Å². The Hall–Kier alpha value is -2.01. The molecule has 0 aliphatic rings. The molecule has 0 bridgehead atoms. The molecular weight excluding hydrogens is 230 g/mol. The SMILES string of the molecule is COc1ccc([C@@H](N)c2nccn2C)cc1OC. The number of nitrogens with two attached hydrogens (primary N) is 1. The minimum Gasteiger partial charge on any atom is -0.493 e. The summed E-state index contributed by atoms with van der Waals surface area (Å²) in [5.41, 5.74) is 7.13. The molecule has 1 atom stereocenters. The number of rotatable bonds is 4. The average Bonchev–Trinajstić information content (AvgIpc) is 2.83. The van der Waals surface area contributed by atoms with Crippen molar-refractivity contribution in [2.75, 3.05) is 14.2 Å². The van der Waals surface area contributed by atoms with Crippen LogP contribution in [0.4, 0.5) is 0 Å². The summed E-state index contributed by atoms with van der Waals surface area (Å²) in [4.78, 5) is 4.26. The fourth-order valence-corrected chi connectivity index (χ4v) is 1.87. The van der Waals surface area contributed by atoms with Crippen LogP contribution in [0.3, 0.4) is 0 Å². The largest absolute Gasteiger partial charge is 0.493 e. The molecule has 2 N–H and O–H groups in total. The van der Waals surface area contributed by atoms with Crippen LogP contribution in [0.2, 0.25) is 0 Å². The molecule has 0 radical (unpaired) electrons. The second-order valence-corrected chi connectivity index (χ2v) is 3.99. The van der Waals surface area contributed by atoms with Gasteiger partial charge in [0, 0.05) is 19.4 Å². The van der Waals surface area contributed by atoms with Crippen molar-refractivity contribution in [2.45, 2.75) is 6.04 Å². The van der Waals surface area contributed by atoms with Gasteiger partial charge < -0.3 is 19.8 Å². The highest BCUT2D eigenvalue weighted by Gasteiger charge is 2.15. The zero-order valence-electron chi connectivity index (χ0n) is 10.8. The number of methoxy groups -OCH3 is 2. The maximum absolute atomic E-state index is 6.20. The number of aryl methyl sites for hydroxylation is 1. The maximum Gasteiger partial charge on any atom is 0.161 e. The second-order valence-electron chi connectivity index (χ2n) is 3.99. The molecule has 18 heavy (non-hydrogen) atoms. The second kappa shape index (κ2) is 5.10. The van der Waals surface area contributed by atoms with Gasteiger partial charge in [0.25, 0.3) is 0 Å². The molecule has 0 saturated heterocycles. The number of hydrogen-bond donors (Lipinski definition) is 1. The molecule has 1 aromatic heterocycles. The van der Waals surface area contributed by atoms with Crippen LogP contribution in [-0.4, -0.2) is 23.8 Å². The van der Waals surface area contributed by atoms with Crippen molar-refractivity contribution in [3.05, 3.63) is 42.0 Å². The molecule has 1 aromatic carbocycles. The van der Waals surface area contributed by atoms with Gasteiger partial charge in [0.15, 0.2) is 11.5 Å². The highest BCUT2D eigenvalue weighted by Crippen LogP contribution is 2.30. The third-order valence-electron chi connectivity index (χ3n) is 2.90. The van der Waals surface area contributed by atoms with Gasteiger partial charge in [-0.1, -0.05) is 6.07 Å². The summed E-state index contributed by atoms with van der Waals surface area (Å²) in [6, 6.07) is 5.35. The van der Waals surface area contributed by atoms with Gasteiger partial charge in [0.2, 0.25) is 0 Å². The normalized spacial score (nSPS) is 12.2. The molecule has 2 aromatic rings. The quantitative estimate of drug-likeness (QED) is 0.889. The third-order valence-corrected chi connectivity index (χ3v) is 2.90. The number of nitrogens with zero attached hydrogens (tertiary/aromatic N) is 2. The van der Waals surface area contributed by atoms with Crippen LogP contribution in [0.15, 0.2) is 30.6 Å². The van der Waals surface area contributed by atoms with Crippen molar-refractivity contribution in [3.8, 4) is 11.5 Å². The van der Waals surface area contributed by atoms with Crippen molar-refractivity contribution in [2.24, 2.45) is 12.8 Å². The number of hydrogen-bond acceptors (Lipinski definition) is 4. The molecule has 0 saturated carbocycles. The monoisotopic (exact) mass is 247 g/mol. The summed E-state index contributed by atoms with van der Waals surface area (Å²) in [7, 11) is 5.13. The summed E-state index contributed by atoms with van der Waals surface area (Å²) in [5, 5.41) is 0. The van der Waals surface area contributed by atoms with Crippen molar-refractivity contribution in [1.82, 2.24) is 9.55 Å². The first-order valence-electron chi connectivity index (χ1n) is 5.62. The van der Waals surface area contributed by atoms with E-state index in [-0.39, 0.29) is 6.04 Å². The van der Waals surface area contributed by atoms with E-state index in [2.05, 4.69) is 4.98 Å². The Morgan fingerprint density at radius 2 is 1.94 bits per heavy atom. The minimum absolute atomic E-state index is 0.287. The lowest BCUT2D eigenvalue weighted by molar-refractivity contribution is 0.354. The van der Waals surface area contributed by atoms with Gasteiger partial charge in [0.05, 0.1) is 20.3 Å². The Bertz CT molecular complexity index is 537. The van der Waals surface area contributed by atoms with Crippen LogP contribution in [0.25, 0.3) is 0 Å². The van der Waals surface area contributed by atoms with E-state index in [9.17, 15) is 0 Å². The van der Waals surface area contributed by atoms with E-state index >= 15 is 0 Å². The predicted molar refractivity (Wildman–Crippen MR) is 68.8 cm³/mol. The Labute approximate surface area is 106 Å². The fourth-order valence-electron chi connectivity index (χ4n) is 1.87. The molecule has 0 fully saturated rings. The molecule has 0 amide bonds. The van der Waals surface area contributed by atoms with Crippen LogP contribution in [-0.2, 0) is 7.05 Å².